The number of amides is 2. The molecule has 2 heterocycles. The summed E-state index contributed by atoms with van der Waals surface area (Å²) in [6.07, 6.45) is 7.41. The number of aromatic nitrogens is 2. The lowest BCUT2D eigenvalue weighted by Crippen LogP contribution is -2.26. The van der Waals surface area contributed by atoms with Gasteiger partial charge in [0.15, 0.2) is 10.0 Å². The number of hydroxylamine groups is 1. The van der Waals surface area contributed by atoms with E-state index in [1.165, 1.54) is 34.8 Å². The van der Waals surface area contributed by atoms with Crippen LogP contribution in [0.4, 0.5) is 4.39 Å². The van der Waals surface area contributed by atoms with E-state index in [9.17, 15) is 14.0 Å². The van der Waals surface area contributed by atoms with Crippen LogP contribution in [0.1, 0.15) is 53.9 Å². The van der Waals surface area contributed by atoms with E-state index >= 15 is 0 Å². The van der Waals surface area contributed by atoms with Gasteiger partial charge in [-0.1, -0.05) is 24.6 Å². The minimum absolute atomic E-state index is 0.158. The molecule has 0 aromatic carbocycles. The van der Waals surface area contributed by atoms with E-state index in [2.05, 4.69) is 21.9 Å². The fourth-order valence-corrected chi connectivity index (χ4v) is 4.69. The number of thiazole rings is 2. The first-order chi connectivity index (χ1) is 15.4. The van der Waals surface area contributed by atoms with Crippen molar-refractivity contribution in [3.63, 3.8) is 0 Å². The van der Waals surface area contributed by atoms with Crippen LogP contribution in [0.2, 0.25) is 0 Å². The van der Waals surface area contributed by atoms with Crippen molar-refractivity contribution in [3.8, 4) is 10.0 Å². The van der Waals surface area contributed by atoms with Gasteiger partial charge in [0.1, 0.15) is 11.5 Å². The summed E-state index contributed by atoms with van der Waals surface area (Å²) in [5.74, 6) is -1.80. The maximum Gasteiger partial charge on any atom is 0.271 e. The third-order valence-electron chi connectivity index (χ3n) is 4.29. The molecule has 0 spiro atoms. The van der Waals surface area contributed by atoms with Crippen LogP contribution in [-0.4, -0.2) is 33.5 Å². The summed E-state index contributed by atoms with van der Waals surface area (Å²) in [7, 11) is 0. The normalized spacial score (nSPS) is 13.0. The minimum Gasteiger partial charge on any atom is -0.351 e. The first kappa shape index (κ1) is 25.9. The Morgan fingerprint density at radius 2 is 2.16 bits per heavy atom. The van der Waals surface area contributed by atoms with Crippen molar-refractivity contribution >= 4 is 46.1 Å². The van der Waals surface area contributed by atoms with E-state index in [1.807, 2.05) is 5.38 Å². The van der Waals surface area contributed by atoms with Crippen molar-refractivity contribution in [2.45, 2.75) is 38.5 Å². The van der Waals surface area contributed by atoms with E-state index in [1.54, 1.807) is 24.7 Å². The van der Waals surface area contributed by atoms with Crippen molar-refractivity contribution in [2.75, 3.05) is 6.54 Å². The SMILES string of the molecule is C=CC/C=C(F)\C=C(\Cl)C(C)c1sc(-c2nccs2)nc1C(=O)NCCCCC(=O)NO. The van der Waals surface area contributed by atoms with E-state index in [0.29, 0.717) is 40.7 Å². The molecule has 3 N–H and O–H groups in total. The molecule has 2 rings (SSSR count). The van der Waals surface area contributed by atoms with Gasteiger partial charge in [-0.2, -0.15) is 0 Å². The van der Waals surface area contributed by atoms with Crippen LogP contribution in [0.25, 0.3) is 10.0 Å². The summed E-state index contributed by atoms with van der Waals surface area (Å²) >= 11 is 9.06. The first-order valence-electron chi connectivity index (χ1n) is 9.82. The van der Waals surface area contributed by atoms with Crippen LogP contribution < -0.4 is 10.8 Å². The number of hydrogen-bond donors (Lipinski definition) is 3. The van der Waals surface area contributed by atoms with Crippen LogP contribution >= 0.6 is 34.3 Å². The van der Waals surface area contributed by atoms with Gasteiger partial charge in [-0.15, -0.1) is 29.3 Å². The summed E-state index contributed by atoms with van der Waals surface area (Å²) in [6.45, 7) is 5.66. The van der Waals surface area contributed by atoms with Gasteiger partial charge < -0.3 is 5.32 Å². The van der Waals surface area contributed by atoms with Gasteiger partial charge >= 0.3 is 0 Å². The molecule has 0 saturated carbocycles. The van der Waals surface area contributed by atoms with Gasteiger partial charge in [-0.25, -0.2) is 19.8 Å². The van der Waals surface area contributed by atoms with Crippen molar-refractivity contribution in [1.29, 1.82) is 0 Å². The Balaban J connectivity index is 2.20. The Morgan fingerprint density at radius 1 is 1.38 bits per heavy atom. The second-order valence-electron chi connectivity index (χ2n) is 6.68. The summed E-state index contributed by atoms with van der Waals surface area (Å²) in [4.78, 5) is 33.2. The van der Waals surface area contributed by atoms with Crippen LogP contribution in [0.5, 0.6) is 0 Å². The standard InChI is InChI=1S/C21H24ClFN4O3S2/c1-3-4-7-14(23)12-15(22)13(2)18-17(26-21(32-18)20-25-10-11-31-20)19(29)24-9-6-5-8-16(28)27-30/h3,7,10-13,30H,1,4-6,8-9H2,2H3,(H,24,29)(H,27,28)/b14-7+,15-12+. The van der Waals surface area contributed by atoms with Crippen LogP contribution in [0.15, 0.2) is 47.2 Å². The van der Waals surface area contributed by atoms with Gasteiger partial charge in [0, 0.05) is 40.4 Å². The molecule has 0 fully saturated rings. The second kappa shape index (κ2) is 13.2. The van der Waals surface area contributed by atoms with Crippen molar-refractivity contribution < 1.29 is 19.2 Å². The number of allylic oxidation sites excluding steroid dienone is 5. The molecule has 1 unspecified atom stereocenters. The molecule has 2 aromatic heterocycles. The van der Waals surface area contributed by atoms with Gasteiger partial charge in [0.25, 0.3) is 5.91 Å². The number of nitrogens with zero attached hydrogens (tertiary/aromatic N) is 2. The number of halogens is 2. The fourth-order valence-electron chi connectivity index (χ4n) is 2.60. The van der Waals surface area contributed by atoms with Gasteiger partial charge in [0.05, 0.1) is 0 Å². The summed E-state index contributed by atoms with van der Waals surface area (Å²) in [5, 5.41) is 14.6. The number of carbonyl (C=O) groups excluding carboxylic acids is 2. The molecule has 2 aromatic rings. The molecule has 0 bridgehead atoms. The summed E-state index contributed by atoms with van der Waals surface area (Å²) in [6, 6.07) is 0. The van der Waals surface area contributed by atoms with Gasteiger partial charge in [-0.3, -0.25) is 14.8 Å². The maximum atomic E-state index is 14.0. The first-order valence-corrected chi connectivity index (χ1v) is 11.9. The highest BCUT2D eigenvalue weighted by Crippen LogP contribution is 2.38. The highest BCUT2D eigenvalue weighted by molar-refractivity contribution is 7.20. The van der Waals surface area contributed by atoms with Crippen molar-refractivity contribution in [1.82, 2.24) is 20.8 Å². The lowest BCUT2D eigenvalue weighted by Gasteiger charge is -2.11. The average Bonchev–Trinajstić information content (AvgIpc) is 3.46. The molecular weight excluding hydrogens is 475 g/mol. The molecule has 2 amide bonds. The van der Waals surface area contributed by atoms with Crippen molar-refractivity contribution in [2.24, 2.45) is 0 Å². The topological polar surface area (TPSA) is 104 Å². The zero-order valence-electron chi connectivity index (χ0n) is 17.4. The Kier molecular flexibility index (Phi) is 10.7. The Morgan fingerprint density at radius 3 is 2.81 bits per heavy atom. The molecule has 0 aliphatic heterocycles. The number of hydrogen-bond acceptors (Lipinski definition) is 7. The largest absolute Gasteiger partial charge is 0.351 e. The van der Waals surface area contributed by atoms with Crippen LogP contribution in [0.3, 0.4) is 0 Å². The molecule has 7 nitrogen and oxygen atoms in total. The monoisotopic (exact) mass is 498 g/mol. The predicted octanol–water partition coefficient (Wildman–Crippen LogP) is 5.33. The fraction of sp³-hybridized carbons (Fsp3) is 0.333. The third-order valence-corrected chi connectivity index (χ3v) is 6.88. The smallest absolute Gasteiger partial charge is 0.271 e. The van der Waals surface area contributed by atoms with E-state index < -0.39 is 17.7 Å². The molecule has 0 saturated heterocycles. The average molecular weight is 499 g/mol. The molecule has 0 radical (unpaired) electrons. The molecule has 32 heavy (non-hydrogen) atoms. The Labute approximate surface area is 198 Å². The number of carbonyl (C=O) groups is 2. The predicted molar refractivity (Wildman–Crippen MR) is 126 cm³/mol. The zero-order valence-corrected chi connectivity index (χ0v) is 19.8. The molecule has 0 aliphatic rings. The number of nitrogens with one attached hydrogen (secondary N) is 2. The zero-order chi connectivity index (χ0) is 23.5. The minimum atomic E-state index is -0.482. The van der Waals surface area contributed by atoms with E-state index in [-0.39, 0.29) is 23.1 Å². The van der Waals surface area contributed by atoms with Gasteiger partial charge in [0.2, 0.25) is 5.91 Å². The Bertz CT molecular complexity index is 989. The highest BCUT2D eigenvalue weighted by atomic mass is 35.5. The summed E-state index contributed by atoms with van der Waals surface area (Å²) < 4.78 is 14.0. The molecule has 0 aliphatic carbocycles. The Hall–Kier alpha value is -2.40. The second-order valence-corrected chi connectivity index (χ2v) is 9.04. The molecule has 11 heteroatoms. The quantitative estimate of drug-likeness (QED) is 0.121. The highest BCUT2D eigenvalue weighted by Gasteiger charge is 2.25. The third kappa shape index (κ3) is 7.63. The van der Waals surface area contributed by atoms with Gasteiger partial charge in [-0.05, 0) is 31.4 Å². The number of rotatable bonds is 12. The lowest BCUT2D eigenvalue weighted by atomic mass is 10.1. The molecule has 1 atom stereocenters. The van der Waals surface area contributed by atoms with Crippen LogP contribution in [0, 0.1) is 0 Å². The molecular formula is C21H24ClFN4O3S2. The summed E-state index contributed by atoms with van der Waals surface area (Å²) in [5.41, 5.74) is 1.78. The van der Waals surface area contributed by atoms with Crippen LogP contribution in [-0.2, 0) is 4.79 Å². The number of unbranched alkanes of at least 4 members (excludes halogenated alkanes) is 1. The lowest BCUT2D eigenvalue weighted by molar-refractivity contribution is -0.129. The van der Waals surface area contributed by atoms with E-state index in [4.69, 9.17) is 16.8 Å². The van der Waals surface area contributed by atoms with E-state index in [0.717, 1.165) is 0 Å². The molecule has 172 valence electrons. The maximum absolute atomic E-state index is 14.0. The van der Waals surface area contributed by atoms with Crippen molar-refractivity contribution in [3.05, 3.63) is 57.8 Å².